The number of rotatable bonds is 3. The molecule has 0 saturated carbocycles. The van der Waals surface area contributed by atoms with E-state index in [-0.39, 0.29) is 29.2 Å². The molecular weight excluding hydrogens is 318 g/mol. The zero-order valence-electron chi connectivity index (χ0n) is 12.8. The second-order valence-electron chi connectivity index (χ2n) is 5.66. The van der Waals surface area contributed by atoms with E-state index in [0.29, 0.717) is 25.9 Å². The summed E-state index contributed by atoms with van der Waals surface area (Å²) in [5.74, 6) is -2.10. The highest BCUT2D eigenvalue weighted by Gasteiger charge is 2.29. The second kappa shape index (κ2) is 6.82. The van der Waals surface area contributed by atoms with E-state index in [1.807, 2.05) is 0 Å². The number of benzene rings is 1. The Balaban J connectivity index is 1.56. The van der Waals surface area contributed by atoms with E-state index >= 15 is 0 Å². The van der Waals surface area contributed by atoms with Gasteiger partial charge in [-0.2, -0.15) is 0 Å². The molecule has 7 heteroatoms. The molecule has 3 rings (SSSR count). The van der Waals surface area contributed by atoms with Crippen LogP contribution in [0.5, 0.6) is 0 Å². The number of amides is 2. The van der Waals surface area contributed by atoms with Crippen molar-refractivity contribution in [3.05, 3.63) is 54.0 Å². The molecular formula is C17H16F2N2O3. The quantitative estimate of drug-likeness (QED) is 0.938. The van der Waals surface area contributed by atoms with Crippen LogP contribution in [0.15, 0.2) is 41.0 Å². The Labute approximate surface area is 137 Å². The first-order valence-corrected chi connectivity index (χ1v) is 7.63. The van der Waals surface area contributed by atoms with Gasteiger partial charge in [-0.1, -0.05) is 0 Å². The van der Waals surface area contributed by atoms with Gasteiger partial charge in [0.15, 0.2) is 5.76 Å². The molecule has 0 spiro atoms. The summed E-state index contributed by atoms with van der Waals surface area (Å²) in [6.07, 6.45) is 2.38. The van der Waals surface area contributed by atoms with Gasteiger partial charge < -0.3 is 14.6 Å². The number of nitrogens with zero attached hydrogens (tertiary/aromatic N) is 1. The van der Waals surface area contributed by atoms with Crippen LogP contribution in [-0.2, 0) is 4.79 Å². The fraction of sp³-hybridized carbons (Fsp3) is 0.294. The molecule has 2 heterocycles. The van der Waals surface area contributed by atoms with Gasteiger partial charge in [0, 0.05) is 25.1 Å². The van der Waals surface area contributed by atoms with Gasteiger partial charge in [0.05, 0.1) is 12.0 Å². The molecule has 0 unspecified atom stereocenters. The summed E-state index contributed by atoms with van der Waals surface area (Å²) in [5.41, 5.74) is -0.0458. The second-order valence-corrected chi connectivity index (χ2v) is 5.66. The number of nitrogens with one attached hydrogen (secondary N) is 1. The minimum atomic E-state index is -0.811. The van der Waals surface area contributed by atoms with Gasteiger partial charge in [0.1, 0.15) is 11.6 Å². The highest BCUT2D eigenvalue weighted by atomic mass is 19.1. The van der Waals surface area contributed by atoms with Crippen LogP contribution in [0.3, 0.4) is 0 Å². The minimum Gasteiger partial charge on any atom is -0.459 e. The average Bonchev–Trinajstić information content (AvgIpc) is 3.11. The zero-order valence-corrected chi connectivity index (χ0v) is 12.8. The lowest BCUT2D eigenvalue weighted by Gasteiger charge is -2.30. The van der Waals surface area contributed by atoms with E-state index in [1.165, 1.54) is 12.3 Å². The molecule has 1 N–H and O–H groups in total. The van der Waals surface area contributed by atoms with Crippen LogP contribution in [0.25, 0.3) is 0 Å². The summed E-state index contributed by atoms with van der Waals surface area (Å²) < 4.78 is 31.5. The zero-order chi connectivity index (χ0) is 17.1. The van der Waals surface area contributed by atoms with Gasteiger partial charge in [0.25, 0.3) is 5.91 Å². The van der Waals surface area contributed by atoms with Crippen LogP contribution in [0.4, 0.5) is 14.5 Å². The first-order chi connectivity index (χ1) is 11.5. The van der Waals surface area contributed by atoms with Gasteiger partial charge in [0.2, 0.25) is 5.91 Å². The number of likely N-dealkylation sites (tertiary alicyclic amines) is 1. The molecule has 1 saturated heterocycles. The standard InChI is InChI=1S/C17H16F2N2O3/c18-12-3-4-14(13(19)10-12)20-16(22)11-5-7-21(8-6-11)17(23)15-2-1-9-24-15/h1-4,9-11H,5-8H2,(H,20,22). The lowest BCUT2D eigenvalue weighted by molar-refractivity contribution is -0.121. The first-order valence-electron chi connectivity index (χ1n) is 7.63. The number of hydrogen-bond acceptors (Lipinski definition) is 3. The molecule has 0 radical (unpaired) electrons. The summed E-state index contributed by atoms with van der Waals surface area (Å²) in [7, 11) is 0. The molecule has 1 aromatic heterocycles. The molecule has 2 amide bonds. The Morgan fingerprint density at radius 3 is 2.54 bits per heavy atom. The van der Waals surface area contributed by atoms with Gasteiger partial charge in [-0.3, -0.25) is 9.59 Å². The van der Waals surface area contributed by atoms with Crippen LogP contribution in [0.2, 0.25) is 0 Å². The molecule has 0 aliphatic carbocycles. The maximum atomic E-state index is 13.6. The lowest BCUT2D eigenvalue weighted by Crippen LogP contribution is -2.41. The molecule has 2 aromatic rings. The largest absolute Gasteiger partial charge is 0.459 e. The molecule has 126 valence electrons. The Morgan fingerprint density at radius 1 is 1.17 bits per heavy atom. The number of anilines is 1. The van der Waals surface area contributed by atoms with E-state index < -0.39 is 11.6 Å². The lowest BCUT2D eigenvalue weighted by atomic mass is 9.95. The van der Waals surface area contributed by atoms with Crippen molar-refractivity contribution in [2.75, 3.05) is 18.4 Å². The Hall–Kier alpha value is -2.70. The van der Waals surface area contributed by atoms with Crippen molar-refractivity contribution in [2.24, 2.45) is 5.92 Å². The van der Waals surface area contributed by atoms with E-state index in [1.54, 1.807) is 17.0 Å². The van der Waals surface area contributed by atoms with Gasteiger partial charge in [-0.05, 0) is 37.1 Å². The van der Waals surface area contributed by atoms with E-state index in [2.05, 4.69) is 5.32 Å². The van der Waals surface area contributed by atoms with Crippen LogP contribution in [0.1, 0.15) is 23.4 Å². The number of carbonyl (C=O) groups excluding carboxylic acids is 2. The number of hydrogen-bond donors (Lipinski definition) is 1. The van der Waals surface area contributed by atoms with E-state index in [9.17, 15) is 18.4 Å². The van der Waals surface area contributed by atoms with Crippen molar-refractivity contribution in [3.63, 3.8) is 0 Å². The third-order valence-electron chi connectivity index (χ3n) is 4.07. The van der Waals surface area contributed by atoms with Crippen molar-refractivity contribution in [2.45, 2.75) is 12.8 Å². The normalized spacial score (nSPS) is 15.3. The Bertz CT molecular complexity index is 738. The predicted octanol–water partition coefficient (Wildman–Crippen LogP) is 3.05. The van der Waals surface area contributed by atoms with Crippen molar-refractivity contribution in [1.82, 2.24) is 4.90 Å². The maximum absolute atomic E-state index is 13.6. The van der Waals surface area contributed by atoms with Gasteiger partial charge in [-0.15, -0.1) is 0 Å². The average molecular weight is 334 g/mol. The summed E-state index contributed by atoms with van der Waals surface area (Å²) >= 11 is 0. The third-order valence-corrected chi connectivity index (χ3v) is 4.07. The molecule has 24 heavy (non-hydrogen) atoms. The van der Waals surface area contributed by atoms with Crippen LogP contribution >= 0.6 is 0 Å². The fourth-order valence-electron chi connectivity index (χ4n) is 2.73. The maximum Gasteiger partial charge on any atom is 0.289 e. The molecule has 1 aliphatic rings. The SMILES string of the molecule is O=C(Nc1ccc(F)cc1F)C1CCN(C(=O)c2ccco2)CC1. The number of halogens is 2. The van der Waals surface area contributed by atoms with E-state index in [4.69, 9.17) is 4.42 Å². The summed E-state index contributed by atoms with van der Waals surface area (Å²) in [4.78, 5) is 26.0. The van der Waals surface area contributed by atoms with Gasteiger partial charge in [-0.25, -0.2) is 8.78 Å². The summed E-state index contributed by atoms with van der Waals surface area (Å²) in [6.45, 7) is 0.840. The highest BCUT2D eigenvalue weighted by Crippen LogP contribution is 2.22. The van der Waals surface area contributed by atoms with Crippen molar-refractivity contribution < 1.29 is 22.8 Å². The summed E-state index contributed by atoms with van der Waals surface area (Å²) in [6, 6.07) is 6.24. The van der Waals surface area contributed by atoms with E-state index in [0.717, 1.165) is 12.1 Å². The van der Waals surface area contributed by atoms with Crippen LogP contribution < -0.4 is 5.32 Å². The molecule has 0 atom stereocenters. The van der Waals surface area contributed by atoms with Crippen LogP contribution in [0, 0.1) is 17.6 Å². The first kappa shape index (κ1) is 16.2. The minimum absolute atomic E-state index is 0.0458. The molecule has 5 nitrogen and oxygen atoms in total. The third kappa shape index (κ3) is 3.45. The van der Waals surface area contributed by atoms with Crippen molar-refractivity contribution in [3.8, 4) is 0 Å². The number of carbonyl (C=O) groups is 2. The Morgan fingerprint density at radius 2 is 1.92 bits per heavy atom. The van der Waals surface area contributed by atoms with Crippen LogP contribution in [-0.4, -0.2) is 29.8 Å². The van der Waals surface area contributed by atoms with Crippen molar-refractivity contribution >= 4 is 17.5 Å². The molecule has 0 bridgehead atoms. The fourth-order valence-corrected chi connectivity index (χ4v) is 2.73. The molecule has 1 aromatic carbocycles. The smallest absolute Gasteiger partial charge is 0.289 e. The molecule has 1 aliphatic heterocycles. The highest BCUT2D eigenvalue weighted by molar-refractivity contribution is 5.94. The Kier molecular flexibility index (Phi) is 4.59. The summed E-state index contributed by atoms with van der Waals surface area (Å²) in [5, 5.41) is 2.48. The molecule has 1 fully saturated rings. The number of piperidine rings is 1. The number of furan rings is 1. The van der Waals surface area contributed by atoms with Gasteiger partial charge >= 0.3 is 0 Å². The predicted molar refractivity (Wildman–Crippen MR) is 82.3 cm³/mol. The van der Waals surface area contributed by atoms with Crippen molar-refractivity contribution in [1.29, 1.82) is 0 Å². The monoisotopic (exact) mass is 334 g/mol. The topological polar surface area (TPSA) is 62.6 Å².